The maximum absolute atomic E-state index is 12.4. The molecule has 0 aliphatic heterocycles. The molecule has 2 rings (SSSR count). The molecule has 1 aromatic carbocycles. The molecule has 1 fully saturated rings. The van der Waals surface area contributed by atoms with Crippen molar-refractivity contribution >= 4 is 29.9 Å². The summed E-state index contributed by atoms with van der Waals surface area (Å²) in [5.74, 6) is 0.539. The van der Waals surface area contributed by atoms with Gasteiger partial charge in [0.1, 0.15) is 0 Å². The van der Waals surface area contributed by atoms with Gasteiger partial charge in [0.25, 0.3) is 0 Å². The van der Waals surface area contributed by atoms with Crippen LogP contribution in [0.4, 0.5) is 0 Å². The van der Waals surface area contributed by atoms with E-state index in [1.165, 1.54) is 0 Å². The number of rotatable bonds is 5. The van der Waals surface area contributed by atoms with Gasteiger partial charge in [-0.15, -0.1) is 12.4 Å². The number of carbonyl (C=O) groups is 1. The van der Waals surface area contributed by atoms with E-state index in [9.17, 15) is 4.79 Å². The fourth-order valence-corrected chi connectivity index (χ4v) is 3.08. The van der Waals surface area contributed by atoms with Crippen LogP contribution in [0.3, 0.4) is 0 Å². The molecule has 2 atom stereocenters. The molecule has 5 heteroatoms. The van der Waals surface area contributed by atoms with Gasteiger partial charge in [0.05, 0.1) is 0 Å². The van der Waals surface area contributed by atoms with Gasteiger partial charge in [-0.2, -0.15) is 0 Å². The molecule has 3 nitrogen and oxygen atoms in total. The van der Waals surface area contributed by atoms with Crippen LogP contribution >= 0.6 is 24.0 Å². The Morgan fingerprint density at radius 1 is 1.38 bits per heavy atom. The molecule has 1 aliphatic carbocycles. The van der Waals surface area contributed by atoms with Gasteiger partial charge in [-0.05, 0) is 37.3 Å². The van der Waals surface area contributed by atoms with E-state index in [0.717, 1.165) is 29.8 Å². The van der Waals surface area contributed by atoms with Gasteiger partial charge in [-0.3, -0.25) is 4.79 Å². The van der Waals surface area contributed by atoms with Crippen LogP contribution in [0.25, 0.3) is 0 Å². The largest absolute Gasteiger partial charge is 0.339 e. The SMILES string of the molecule is CCN(Cc1ccccc1Cl)C(=O)C[C@@H]1CCC[C@H]1N.Cl. The zero-order valence-electron chi connectivity index (χ0n) is 12.4. The van der Waals surface area contributed by atoms with Crippen LogP contribution < -0.4 is 5.73 Å². The summed E-state index contributed by atoms with van der Waals surface area (Å²) in [4.78, 5) is 14.3. The number of nitrogens with zero attached hydrogens (tertiary/aromatic N) is 1. The summed E-state index contributed by atoms with van der Waals surface area (Å²) in [7, 11) is 0. The normalized spacial score (nSPS) is 20.9. The smallest absolute Gasteiger partial charge is 0.223 e. The number of amides is 1. The van der Waals surface area contributed by atoms with E-state index in [2.05, 4.69) is 0 Å². The first-order valence-corrected chi connectivity index (χ1v) is 7.76. The molecule has 0 spiro atoms. The number of nitrogens with two attached hydrogens (primary N) is 1. The van der Waals surface area contributed by atoms with Crippen LogP contribution in [0.1, 0.15) is 38.2 Å². The highest BCUT2D eigenvalue weighted by atomic mass is 35.5. The third-order valence-electron chi connectivity index (χ3n) is 4.21. The Morgan fingerprint density at radius 3 is 2.67 bits per heavy atom. The zero-order valence-corrected chi connectivity index (χ0v) is 14.0. The number of benzene rings is 1. The molecule has 1 aromatic rings. The van der Waals surface area contributed by atoms with Crippen molar-refractivity contribution in [2.24, 2.45) is 11.7 Å². The molecule has 2 N–H and O–H groups in total. The van der Waals surface area contributed by atoms with Crippen molar-refractivity contribution in [3.8, 4) is 0 Å². The Balaban J connectivity index is 0.00000220. The first kappa shape index (κ1) is 18.3. The van der Waals surface area contributed by atoms with Crippen molar-refractivity contribution in [1.82, 2.24) is 4.90 Å². The molecular formula is C16H24Cl2N2O. The van der Waals surface area contributed by atoms with Crippen molar-refractivity contribution in [1.29, 1.82) is 0 Å². The highest BCUT2D eigenvalue weighted by Gasteiger charge is 2.27. The summed E-state index contributed by atoms with van der Waals surface area (Å²) in [5, 5.41) is 0.719. The maximum atomic E-state index is 12.4. The molecule has 0 unspecified atom stereocenters. The summed E-state index contributed by atoms with van der Waals surface area (Å²) >= 11 is 6.17. The molecular weight excluding hydrogens is 307 g/mol. The average Bonchev–Trinajstić information content (AvgIpc) is 2.83. The van der Waals surface area contributed by atoms with Gasteiger partial charge in [0, 0.05) is 30.6 Å². The molecule has 0 heterocycles. The van der Waals surface area contributed by atoms with Crippen molar-refractivity contribution < 1.29 is 4.79 Å². The van der Waals surface area contributed by atoms with E-state index < -0.39 is 0 Å². The molecule has 21 heavy (non-hydrogen) atoms. The molecule has 1 saturated carbocycles. The van der Waals surface area contributed by atoms with E-state index in [0.29, 0.717) is 25.4 Å². The van der Waals surface area contributed by atoms with Crippen LogP contribution in [0.15, 0.2) is 24.3 Å². The van der Waals surface area contributed by atoms with Crippen molar-refractivity contribution in [3.05, 3.63) is 34.9 Å². The molecule has 0 radical (unpaired) electrons. The Hall–Kier alpha value is -0.770. The van der Waals surface area contributed by atoms with Crippen LogP contribution in [0.2, 0.25) is 5.02 Å². The van der Waals surface area contributed by atoms with Crippen LogP contribution in [0.5, 0.6) is 0 Å². The summed E-state index contributed by atoms with van der Waals surface area (Å²) in [6.45, 7) is 3.28. The molecule has 0 bridgehead atoms. The van der Waals surface area contributed by atoms with Crippen LogP contribution in [-0.4, -0.2) is 23.4 Å². The molecule has 1 amide bonds. The van der Waals surface area contributed by atoms with Gasteiger partial charge in [0.15, 0.2) is 0 Å². The summed E-state index contributed by atoms with van der Waals surface area (Å²) in [6.07, 6.45) is 3.85. The fourth-order valence-electron chi connectivity index (χ4n) is 2.88. The summed E-state index contributed by atoms with van der Waals surface area (Å²) < 4.78 is 0. The molecule has 1 aliphatic rings. The Kier molecular flexibility index (Phi) is 7.50. The first-order chi connectivity index (χ1) is 9.61. The van der Waals surface area contributed by atoms with E-state index in [1.807, 2.05) is 36.1 Å². The van der Waals surface area contributed by atoms with Gasteiger partial charge in [0.2, 0.25) is 5.91 Å². The van der Waals surface area contributed by atoms with E-state index in [4.69, 9.17) is 17.3 Å². The zero-order chi connectivity index (χ0) is 14.5. The van der Waals surface area contributed by atoms with Crippen molar-refractivity contribution in [2.75, 3.05) is 6.54 Å². The number of halogens is 2. The van der Waals surface area contributed by atoms with Crippen LogP contribution in [0, 0.1) is 5.92 Å². The third kappa shape index (κ3) is 4.87. The average molecular weight is 331 g/mol. The third-order valence-corrected chi connectivity index (χ3v) is 4.58. The number of carbonyl (C=O) groups excluding carboxylic acids is 1. The number of hydrogen-bond acceptors (Lipinski definition) is 2. The second kappa shape index (κ2) is 8.62. The van der Waals surface area contributed by atoms with Crippen molar-refractivity contribution in [2.45, 2.75) is 45.2 Å². The minimum absolute atomic E-state index is 0. The topological polar surface area (TPSA) is 46.3 Å². The lowest BCUT2D eigenvalue weighted by molar-refractivity contribution is -0.132. The predicted molar refractivity (Wildman–Crippen MR) is 89.7 cm³/mol. The predicted octanol–water partition coefficient (Wildman–Crippen LogP) is 3.63. The summed E-state index contributed by atoms with van der Waals surface area (Å²) in [6, 6.07) is 7.88. The van der Waals surface area contributed by atoms with Gasteiger partial charge < -0.3 is 10.6 Å². The van der Waals surface area contributed by atoms with Crippen molar-refractivity contribution in [3.63, 3.8) is 0 Å². The quantitative estimate of drug-likeness (QED) is 0.896. The van der Waals surface area contributed by atoms with Gasteiger partial charge in [-0.25, -0.2) is 0 Å². The minimum atomic E-state index is 0. The monoisotopic (exact) mass is 330 g/mol. The highest BCUT2D eigenvalue weighted by molar-refractivity contribution is 6.31. The standard InChI is InChI=1S/C16H23ClN2O.ClH/c1-2-19(11-13-6-3-4-8-14(13)17)16(20)10-12-7-5-9-15(12)18;/h3-4,6,8,12,15H,2,5,7,9-11,18H2,1H3;1H/t12-,15+;/m0./s1. The Morgan fingerprint density at radius 2 is 2.10 bits per heavy atom. The Labute approximate surface area is 138 Å². The second-order valence-electron chi connectivity index (χ2n) is 5.56. The molecule has 118 valence electrons. The van der Waals surface area contributed by atoms with Gasteiger partial charge >= 0.3 is 0 Å². The molecule has 0 aromatic heterocycles. The molecule has 0 saturated heterocycles. The lowest BCUT2D eigenvalue weighted by Gasteiger charge is -2.24. The second-order valence-corrected chi connectivity index (χ2v) is 5.97. The first-order valence-electron chi connectivity index (χ1n) is 7.38. The van der Waals surface area contributed by atoms with Gasteiger partial charge in [-0.1, -0.05) is 36.2 Å². The minimum Gasteiger partial charge on any atom is -0.339 e. The van der Waals surface area contributed by atoms with E-state index in [1.54, 1.807) is 0 Å². The summed E-state index contributed by atoms with van der Waals surface area (Å²) in [5.41, 5.74) is 7.05. The Bertz CT molecular complexity index is 467. The highest BCUT2D eigenvalue weighted by Crippen LogP contribution is 2.28. The lowest BCUT2D eigenvalue weighted by atomic mass is 9.99. The van der Waals surface area contributed by atoms with E-state index in [-0.39, 0.29) is 24.4 Å². The maximum Gasteiger partial charge on any atom is 0.223 e. The van der Waals surface area contributed by atoms with E-state index >= 15 is 0 Å². The van der Waals surface area contributed by atoms with Crippen LogP contribution in [-0.2, 0) is 11.3 Å². The number of hydrogen-bond donors (Lipinski definition) is 1. The fraction of sp³-hybridized carbons (Fsp3) is 0.562. The lowest BCUT2D eigenvalue weighted by Crippen LogP contribution is -2.35.